The number of quaternary nitrogens is 1. The van der Waals surface area contributed by atoms with Gasteiger partial charge in [0.15, 0.2) is 22.9 Å². The van der Waals surface area contributed by atoms with Crippen LogP contribution in [0.4, 0.5) is 5.69 Å². The predicted molar refractivity (Wildman–Crippen MR) is 106 cm³/mol. The first-order valence-corrected chi connectivity index (χ1v) is 11.0. The molecule has 1 aromatic rings. The lowest BCUT2D eigenvalue weighted by Gasteiger charge is -2.24. The van der Waals surface area contributed by atoms with Gasteiger partial charge in [0.2, 0.25) is 0 Å². The Kier molecular flexibility index (Phi) is 6.64. The second kappa shape index (κ2) is 8.39. The maximum absolute atomic E-state index is 12.4. The fourth-order valence-electron chi connectivity index (χ4n) is 3.56. The molecule has 8 heteroatoms. The highest BCUT2D eigenvalue weighted by atomic mass is 32.2. The number of carbonyl (C=O) groups is 2. The van der Waals surface area contributed by atoms with E-state index in [4.69, 9.17) is 0 Å². The zero-order chi connectivity index (χ0) is 20.4. The molecule has 1 fully saturated rings. The van der Waals surface area contributed by atoms with Crippen molar-refractivity contribution >= 4 is 27.3 Å². The Balaban J connectivity index is 1.89. The second-order valence-corrected chi connectivity index (χ2v) is 9.92. The Labute approximate surface area is 161 Å². The molecule has 1 heterocycles. The molecule has 1 saturated heterocycles. The molecule has 1 aliphatic rings. The molecule has 2 rings (SSSR count). The second-order valence-electron chi connectivity index (χ2n) is 7.69. The molecule has 1 unspecified atom stereocenters. The molecule has 7 nitrogen and oxygen atoms in total. The number of nitrogens with one attached hydrogen (secondary N) is 2. The minimum absolute atomic E-state index is 0.0285. The van der Waals surface area contributed by atoms with Gasteiger partial charge in [-0.1, -0.05) is 17.7 Å². The number of anilines is 1. The lowest BCUT2D eigenvalue weighted by molar-refractivity contribution is -0.862. The summed E-state index contributed by atoms with van der Waals surface area (Å²) in [4.78, 5) is 27.1. The maximum atomic E-state index is 12.4. The van der Waals surface area contributed by atoms with Gasteiger partial charge in [-0.05, 0) is 38.3 Å². The number of rotatable bonds is 6. The van der Waals surface area contributed by atoms with E-state index in [0.29, 0.717) is 6.42 Å². The van der Waals surface area contributed by atoms with Crippen LogP contribution in [-0.4, -0.2) is 69.9 Å². The fraction of sp³-hybridized carbons (Fsp3) is 0.579. The van der Waals surface area contributed by atoms with Gasteiger partial charge >= 0.3 is 0 Å². The lowest BCUT2D eigenvalue weighted by atomic mass is 10.1. The molecule has 150 valence electrons. The summed E-state index contributed by atoms with van der Waals surface area (Å²) in [7, 11) is 0.390. The summed E-state index contributed by atoms with van der Waals surface area (Å²) in [6.07, 6.45) is 0.482. The quantitative estimate of drug-likeness (QED) is 0.692. The third-order valence-corrected chi connectivity index (χ3v) is 6.76. The molecule has 2 amide bonds. The van der Waals surface area contributed by atoms with Crippen molar-refractivity contribution in [2.45, 2.75) is 33.2 Å². The van der Waals surface area contributed by atoms with Crippen LogP contribution in [0.15, 0.2) is 12.1 Å². The van der Waals surface area contributed by atoms with Crippen molar-refractivity contribution in [1.82, 2.24) is 4.90 Å². The monoisotopic (exact) mass is 396 g/mol. The van der Waals surface area contributed by atoms with Crippen molar-refractivity contribution in [3.8, 4) is 0 Å². The number of nitrogens with zero attached hydrogens (tertiary/aromatic N) is 1. The lowest BCUT2D eigenvalue weighted by Crippen LogP contribution is -3.11. The summed E-state index contributed by atoms with van der Waals surface area (Å²) in [6.45, 7) is 6.24. The van der Waals surface area contributed by atoms with Crippen LogP contribution in [0.1, 0.15) is 23.1 Å². The van der Waals surface area contributed by atoms with Gasteiger partial charge in [-0.25, -0.2) is 8.42 Å². The average molecular weight is 397 g/mol. The van der Waals surface area contributed by atoms with Gasteiger partial charge in [-0.3, -0.25) is 9.59 Å². The SMILES string of the molecule is Cc1cc(C)c(NC(=O)C[NH+](C)CC(=O)N(C)[C@H]2CCS(=O)(=O)C2)c(C)c1. The van der Waals surface area contributed by atoms with E-state index in [-0.39, 0.29) is 42.5 Å². The van der Waals surface area contributed by atoms with Gasteiger partial charge in [-0.15, -0.1) is 0 Å². The van der Waals surface area contributed by atoms with E-state index in [1.807, 2.05) is 32.9 Å². The van der Waals surface area contributed by atoms with Crippen LogP contribution in [0.3, 0.4) is 0 Å². The number of benzene rings is 1. The zero-order valence-corrected chi connectivity index (χ0v) is 17.6. The first-order valence-electron chi connectivity index (χ1n) is 9.13. The van der Waals surface area contributed by atoms with E-state index >= 15 is 0 Å². The molecule has 1 aliphatic heterocycles. The minimum atomic E-state index is -3.03. The maximum Gasteiger partial charge on any atom is 0.279 e. The number of hydrogen-bond donors (Lipinski definition) is 2. The molecule has 0 radical (unpaired) electrons. The molecule has 0 aliphatic carbocycles. The van der Waals surface area contributed by atoms with Gasteiger partial charge < -0.3 is 15.1 Å². The van der Waals surface area contributed by atoms with Gasteiger partial charge in [0.05, 0.1) is 18.6 Å². The van der Waals surface area contributed by atoms with E-state index in [0.717, 1.165) is 27.3 Å². The highest BCUT2D eigenvalue weighted by Gasteiger charge is 2.33. The topological polar surface area (TPSA) is 88.0 Å². The molecule has 0 spiro atoms. The van der Waals surface area contributed by atoms with E-state index in [1.165, 1.54) is 4.90 Å². The van der Waals surface area contributed by atoms with Gasteiger partial charge in [-0.2, -0.15) is 0 Å². The standard InChI is InChI=1S/C19H29N3O4S/c1-13-8-14(2)19(15(3)9-13)20-17(23)10-21(4)11-18(24)22(5)16-6-7-27(25,26)12-16/h8-9,16H,6-7,10-12H2,1-5H3,(H,20,23)/p+1/t16-/m0/s1. The van der Waals surface area contributed by atoms with Crippen LogP contribution < -0.4 is 10.2 Å². The fourth-order valence-corrected chi connectivity index (χ4v) is 5.34. The Morgan fingerprint density at radius 1 is 1.19 bits per heavy atom. The Bertz CT molecular complexity index is 812. The Morgan fingerprint density at radius 2 is 1.78 bits per heavy atom. The first kappa shape index (κ1) is 21.4. The van der Waals surface area contributed by atoms with E-state index in [2.05, 4.69) is 5.32 Å². The highest BCUT2D eigenvalue weighted by molar-refractivity contribution is 7.91. The van der Waals surface area contributed by atoms with Crippen molar-refractivity contribution in [3.05, 3.63) is 28.8 Å². The highest BCUT2D eigenvalue weighted by Crippen LogP contribution is 2.21. The van der Waals surface area contributed by atoms with Crippen LogP contribution >= 0.6 is 0 Å². The number of amides is 2. The van der Waals surface area contributed by atoms with Gasteiger partial charge in [0, 0.05) is 18.8 Å². The molecule has 2 N–H and O–H groups in total. The van der Waals surface area contributed by atoms with Crippen molar-refractivity contribution in [2.24, 2.45) is 0 Å². The van der Waals surface area contributed by atoms with Crippen molar-refractivity contribution in [3.63, 3.8) is 0 Å². The first-order chi connectivity index (χ1) is 12.5. The van der Waals surface area contributed by atoms with Crippen LogP contribution in [0, 0.1) is 20.8 Å². The van der Waals surface area contributed by atoms with Crippen molar-refractivity contribution in [2.75, 3.05) is 44.0 Å². The van der Waals surface area contributed by atoms with Gasteiger partial charge in [0.1, 0.15) is 0 Å². The summed E-state index contributed by atoms with van der Waals surface area (Å²) >= 11 is 0. The molecule has 2 atom stereocenters. The zero-order valence-electron chi connectivity index (χ0n) is 16.8. The summed E-state index contributed by atoms with van der Waals surface area (Å²) in [5.74, 6) is -0.136. The summed E-state index contributed by atoms with van der Waals surface area (Å²) in [5.41, 5.74) is 3.99. The Morgan fingerprint density at radius 3 is 2.30 bits per heavy atom. The molecule has 27 heavy (non-hydrogen) atoms. The summed E-state index contributed by atoms with van der Waals surface area (Å²) in [5, 5.41) is 2.94. The van der Waals surface area contributed by atoms with Crippen LogP contribution in [0.2, 0.25) is 0 Å². The van der Waals surface area contributed by atoms with Crippen molar-refractivity contribution in [1.29, 1.82) is 0 Å². The normalized spacial score (nSPS) is 19.5. The molecule has 0 bridgehead atoms. The third kappa shape index (κ3) is 5.77. The summed E-state index contributed by atoms with van der Waals surface area (Å²) < 4.78 is 23.2. The number of likely N-dealkylation sites (N-methyl/N-ethyl adjacent to an activating group) is 2. The Hall–Kier alpha value is -1.93. The number of aryl methyl sites for hydroxylation is 3. The smallest absolute Gasteiger partial charge is 0.279 e. The van der Waals surface area contributed by atoms with E-state index in [9.17, 15) is 18.0 Å². The van der Waals surface area contributed by atoms with Gasteiger partial charge in [0.25, 0.3) is 11.8 Å². The van der Waals surface area contributed by atoms with Crippen molar-refractivity contribution < 1.29 is 22.9 Å². The summed E-state index contributed by atoms with van der Waals surface area (Å²) in [6, 6.07) is 3.78. The average Bonchev–Trinajstić information content (AvgIpc) is 2.89. The molecular formula is C19H30N3O4S+. The molecule has 0 saturated carbocycles. The number of carbonyl (C=O) groups excluding carboxylic acids is 2. The van der Waals surface area contributed by atoms with Crippen LogP contribution in [-0.2, 0) is 19.4 Å². The van der Waals surface area contributed by atoms with E-state index in [1.54, 1.807) is 14.1 Å². The minimum Gasteiger partial charge on any atom is -0.337 e. The number of hydrogen-bond acceptors (Lipinski definition) is 4. The number of sulfone groups is 1. The largest absolute Gasteiger partial charge is 0.337 e. The van der Waals surface area contributed by atoms with Crippen LogP contribution in [0.5, 0.6) is 0 Å². The predicted octanol–water partition coefficient (Wildman–Crippen LogP) is -0.289. The molecule has 0 aromatic heterocycles. The van der Waals surface area contributed by atoms with E-state index < -0.39 is 9.84 Å². The third-order valence-electron chi connectivity index (χ3n) is 5.01. The van der Waals surface area contributed by atoms with Crippen LogP contribution in [0.25, 0.3) is 0 Å². The molecular weight excluding hydrogens is 366 g/mol. The molecule has 1 aromatic carbocycles.